The van der Waals surface area contributed by atoms with E-state index >= 15 is 0 Å². The highest BCUT2D eigenvalue weighted by atomic mass is 16.5. The minimum Gasteiger partial charge on any atom is -0.457 e. The molecule has 0 aliphatic carbocycles. The highest BCUT2D eigenvalue weighted by molar-refractivity contribution is 5.90. The summed E-state index contributed by atoms with van der Waals surface area (Å²) in [6.45, 7) is 0. The molecule has 109 valence electrons. The minimum absolute atomic E-state index is 0.367. The molecule has 0 saturated heterocycles. The number of ether oxygens (including phenoxy) is 1. The Morgan fingerprint density at radius 2 is 1.73 bits per heavy atom. The summed E-state index contributed by atoms with van der Waals surface area (Å²) >= 11 is 0. The predicted octanol–water partition coefficient (Wildman–Crippen LogP) is 3.42. The molecule has 1 heterocycles. The Morgan fingerprint density at radius 1 is 1.05 bits per heavy atom. The van der Waals surface area contributed by atoms with Crippen molar-refractivity contribution < 1.29 is 9.53 Å². The molecule has 0 fully saturated rings. The van der Waals surface area contributed by atoms with E-state index in [2.05, 4.69) is 16.5 Å². The summed E-state index contributed by atoms with van der Waals surface area (Å²) in [5, 5.41) is 2.58. The van der Waals surface area contributed by atoms with E-state index in [1.165, 1.54) is 0 Å². The van der Waals surface area contributed by atoms with Crippen LogP contribution in [0.5, 0.6) is 11.5 Å². The van der Waals surface area contributed by atoms with Gasteiger partial charge < -0.3 is 20.8 Å². The number of rotatable bonds is 5. The first-order chi connectivity index (χ1) is 10.8. The number of hydrogen-bond donors (Lipinski definition) is 3. The van der Waals surface area contributed by atoms with Crippen LogP contribution in [0.25, 0.3) is 11.3 Å². The fourth-order valence-corrected chi connectivity index (χ4v) is 2.13. The van der Waals surface area contributed by atoms with E-state index in [1.807, 2.05) is 54.6 Å². The molecule has 5 nitrogen and oxygen atoms in total. The van der Waals surface area contributed by atoms with Gasteiger partial charge in [0.1, 0.15) is 11.5 Å². The van der Waals surface area contributed by atoms with E-state index in [-0.39, 0.29) is 0 Å². The fraction of sp³-hybridized carbons (Fsp3) is 0. The lowest BCUT2D eigenvalue weighted by Gasteiger charge is -2.07. The molecule has 2 aromatic carbocycles. The van der Waals surface area contributed by atoms with E-state index in [9.17, 15) is 4.79 Å². The first-order valence-electron chi connectivity index (χ1n) is 6.70. The second-order valence-electron chi connectivity index (χ2n) is 4.62. The quantitative estimate of drug-likeness (QED) is 0.630. The van der Waals surface area contributed by atoms with Gasteiger partial charge in [0.15, 0.2) is 0 Å². The third-order valence-corrected chi connectivity index (χ3v) is 3.17. The van der Waals surface area contributed by atoms with Crippen LogP contribution in [0.2, 0.25) is 0 Å². The second-order valence-corrected chi connectivity index (χ2v) is 4.62. The van der Waals surface area contributed by atoms with Crippen molar-refractivity contribution in [3.05, 3.63) is 60.8 Å². The van der Waals surface area contributed by atoms with Crippen molar-refractivity contribution in [2.75, 3.05) is 11.1 Å². The van der Waals surface area contributed by atoms with Crippen LogP contribution in [0, 0.1) is 6.20 Å². The molecular weight excluding hydrogens is 278 g/mol. The van der Waals surface area contributed by atoms with Crippen molar-refractivity contribution >= 4 is 17.8 Å². The molecule has 0 atom stereocenters. The molecule has 0 saturated carbocycles. The Bertz CT molecular complexity index is 764. The molecule has 22 heavy (non-hydrogen) atoms. The maximum Gasteiger partial charge on any atom is 0.211 e. The lowest BCUT2D eigenvalue weighted by atomic mass is 10.1. The zero-order valence-corrected chi connectivity index (χ0v) is 11.7. The number of para-hydroxylation sites is 1. The number of aromatic nitrogens is 1. The number of amides is 1. The zero-order chi connectivity index (χ0) is 15.4. The average molecular weight is 292 g/mol. The molecule has 0 unspecified atom stereocenters. The summed E-state index contributed by atoms with van der Waals surface area (Å²) < 4.78 is 5.74. The second kappa shape index (κ2) is 6.05. The van der Waals surface area contributed by atoms with Gasteiger partial charge in [0.2, 0.25) is 6.41 Å². The highest BCUT2D eigenvalue weighted by Gasteiger charge is 2.11. The number of hydrogen-bond acceptors (Lipinski definition) is 3. The molecule has 0 spiro atoms. The summed E-state index contributed by atoms with van der Waals surface area (Å²) in [5.74, 6) is 1.50. The van der Waals surface area contributed by atoms with Crippen LogP contribution in [0.4, 0.5) is 11.4 Å². The maximum atomic E-state index is 10.7. The minimum atomic E-state index is 0.367. The first kappa shape index (κ1) is 13.8. The lowest BCUT2D eigenvalue weighted by Crippen LogP contribution is -1.97. The normalized spacial score (nSPS) is 10.2. The van der Waals surface area contributed by atoms with E-state index in [4.69, 9.17) is 10.5 Å². The molecule has 1 radical (unpaired) electrons. The lowest BCUT2D eigenvalue weighted by molar-refractivity contribution is -0.105. The van der Waals surface area contributed by atoms with Crippen molar-refractivity contribution in [3.63, 3.8) is 0 Å². The van der Waals surface area contributed by atoms with Crippen LogP contribution >= 0.6 is 0 Å². The molecule has 1 amide bonds. The molecule has 0 bridgehead atoms. The molecule has 5 heteroatoms. The Labute approximate surface area is 127 Å². The van der Waals surface area contributed by atoms with Crippen LogP contribution in [-0.2, 0) is 4.79 Å². The number of carbonyl (C=O) groups excluding carboxylic acids is 1. The van der Waals surface area contributed by atoms with Crippen LogP contribution in [0.1, 0.15) is 0 Å². The van der Waals surface area contributed by atoms with E-state index in [0.717, 1.165) is 17.1 Å². The third-order valence-electron chi connectivity index (χ3n) is 3.17. The number of carbonyl (C=O) groups is 1. The smallest absolute Gasteiger partial charge is 0.211 e. The van der Waals surface area contributed by atoms with Crippen molar-refractivity contribution in [2.24, 2.45) is 0 Å². The topological polar surface area (TPSA) is 80.1 Å². The van der Waals surface area contributed by atoms with E-state index < -0.39 is 0 Å². The number of H-pyrrole nitrogens is 1. The van der Waals surface area contributed by atoms with Gasteiger partial charge in [-0.3, -0.25) is 4.79 Å². The van der Waals surface area contributed by atoms with Crippen LogP contribution < -0.4 is 15.8 Å². The van der Waals surface area contributed by atoms with Crippen LogP contribution in [0.3, 0.4) is 0 Å². The van der Waals surface area contributed by atoms with Gasteiger partial charge in [0.05, 0.1) is 23.3 Å². The maximum absolute atomic E-state index is 10.7. The van der Waals surface area contributed by atoms with Crippen molar-refractivity contribution in [3.8, 4) is 22.8 Å². The Hall–Kier alpha value is -3.21. The molecular formula is C17H14N3O2. The van der Waals surface area contributed by atoms with Crippen LogP contribution in [-0.4, -0.2) is 11.4 Å². The number of nitrogens with one attached hydrogen (secondary N) is 2. The monoisotopic (exact) mass is 292 g/mol. The molecule has 0 aliphatic heterocycles. The molecule has 4 N–H and O–H groups in total. The molecule has 1 aromatic heterocycles. The van der Waals surface area contributed by atoms with Crippen molar-refractivity contribution in [1.82, 2.24) is 4.98 Å². The number of benzene rings is 2. The fourth-order valence-electron chi connectivity index (χ4n) is 2.13. The van der Waals surface area contributed by atoms with Gasteiger partial charge in [-0.15, -0.1) is 0 Å². The zero-order valence-electron chi connectivity index (χ0n) is 11.7. The summed E-state index contributed by atoms with van der Waals surface area (Å²) in [7, 11) is 0. The number of aromatic amines is 1. The SMILES string of the molecule is Nc1[c][nH]c(-c2ccc(Oc3ccccc3)cc2)c1NC=O. The van der Waals surface area contributed by atoms with E-state index in [1.54, 1.807) is 0 Å². The number of nitrogens with two attached hydrogens (primary N) is 1. The Morgan fingerprint density at radius 3 is 2.41 bits per heavy atom. The van der Waals surface area contributed by atoms with Gasteiger partial charge >= 0.3 is 0 Å². The predicted molar refractivity (Wildman–Crippen MR) is 85.7 cm³/mol. The standard InChI is InChI=1S/C17H14N3O2/c18-15-10-19-16(17(15)20-11-21)12-6-8-14(9-7-12)22-13-4-2-1-3-5-13/h1-9,11,19H,18H2,(H,20,21). The van der Waals surface area contributed by atoms with Gasteiger partial charge in [0, 0.05) is 5.56 Å². The summed E-state index contributed by atoms with van der Waals surface area (Å²) in [5.41, 5.74) is 8.23. The van der Waals surface area contributed by atoms with Gasteiger partial charge in [-0.25, -0.2) is 0 Å². The Kier molecular flexibility index (Phi) is 3.78. The van der Waals surface area contributed by atoms with Gasteiger partial charge in [-0.05, 0) is 36.4 Å². The van der Waals surface area contributed by atoms with Crippen LogP contribution in [0.15, 0.2) is 54.6 Å². The number of anilines is 2. The van der Waals surface area contributed by atoms with Crippen molar-refractivity contribution in [1.29, 1.82) is 0 Å². The summed E-state index contributed by atoms with van der Waals surface area (Å²) in [6, 6.07) is 17.0. The van der Waals surface area contributed by atoms with Gasteiger partial charge in [0.25, 0.3) is 0 Å². The van der Waals surface area contributed by atoms with Crippen molar-refractivity contribution in [2.45, 2.75) is 0 Å². The van der Waals surface area contributed by atoms with Gasteiger partial charge in [-0.2, -0.15) is 0 Å². The average Bonchev–Trinajstić information content (AvgIpc) is 2.91. The summed E-state index contributed by atoms with van der Waals surface area (Å²) in [6.07, 6.45) is 3.36. The molecule has 0 aliphatic rings. The third kappa shape index (κ3) is 2.78. The number of nitrogen functional groups attached to an aromatic ring is 1. The Balaban J connectivity index is 1.84. The largest absolute Gasteiger partial charge is 0.457 e. The summed E-state index contributed by atoms with van der Waals surface area (Å²) in [4.78, 5) is 13.6. The first-order valence-corrected chi connectivity index (χ1v) is 6.70. The van der Waals surface area contributed by atoms with E-state index in [0.29, 0.717) is 23.5 Å². The highest BCUT2D eigenvalue weighted by Crippen LogP contribution is 2.32. The molecule has 3 rings (SSSR count). The van der Waals surface area contributed by atoms with Gasteiger partial charge in [-0.1, -0.05) is 18.2 Å². The molecule has 3 aromatic rings.